The topological polar surface area (TPSA) is 72.7 Å². The molecule has 0 bridgehead atoms. The highest BCUT2D eigenvalue weighted by molar-refractivity contribution is 7.99. The first-order valence-electron chi connectivity index (χ1n) is 7.34. The van der Waals surface area contributed by atoms with Crippen molar-refractivity contribution in [2.45, 2.75) is 44.4 Å². The third-order valence-electron chi connectivity index (χ3n) is 3.22. The molecule has 0 fully saturated rings. The van der Waals surface area contributed by atoms with Gasteiger partial charge in [-0.15, -0.1) is 5.10 Å². The van der Waals surface area contributed by atoms with Crippen molar-refractivity contribution in [2.24, 2.45) is 0 Å². The number of carbonyl (C=O) groups excluding carboxylic acids is 1. The highest BCUT2D eigenvalue weighted by Gasteiger charge is 2.21. The van der Waals surface area contributed by atoms with Crippen LogP contribution in [-0.4, -0.2) is 31.9 Å². The van der Waals surface area contributed by atoms with Gasteiger partial charge in [0, 0.05) is 10.0 Å². The number of halogens is 2. The van der Waals surface area contributed by atoms with Gasteiger partial charge in [-0.2, -0.15) is 0 Å². The number of rotatable bonds is 5. The number of carbonyl (C=O) groups is 1. The average molecular weight is 388 g/mol. The molecule has 0 aliphatic rings. The van der Waals surface area contributed by atoms with Crippen molar-refractivity contribution in [3.05, 3.63) is 33.8 Å². The smallest absolute Gasteiger partial charge is 0.230 e. The van der Waals surface area contributed by atoms with Crippen LogP contribution in [0.1, 0.15) is 39.3 Å². The van der Waals surface area contributed by atoms with Gasteiger partial charge in [-0.1, -0.05) is 41.0 Å². The lowest BCUT2D eigenvalue weighted by atomic mass is 10.1. The minimum Gasteiger partial charge on any atom is -0.349 e. The molecule has 1 aromatic heterocycles. The number of benzene rings is 1. The second-order valence-corrected chi connectivity index (χ2v) is 8.07. The van der Waals surface area contributed by atoms with Crippen molar-refractivity contribution in [2.75, 3.05) is 5.75 Å². The Hall–Kier alpha value is -1.31. The lowest BCUT2D eigenvalue weighted by Gasteiger charge is -2.19. The molecule has 0 aliphatic heterocycles. The molecule has 6 nitrogen and oxygen atoms in total. The van der Waals surface area contributed by atoms with Gasteiger partial charge in [-0.25, -0.2) is 4.68 Å². The summed E-state index contributed by atoms with van der Waals surface area (Å²) in [6.07, 6.45) is 0. The Morgan fingerprint density at radius 3 is 2.71 bits per heavy atom. The molecule has 0 aliphatic carbocycles. The molecule has 1 atom stereocenters. The highest BCUT2D eigenvalue weighted by Crippen LogP contribution is 2.26. The van der Waals surface area contributed by atoms with Crippen LogP contribution in [0.25, 0.3) is 0 Å². The standard InChI is InChI=1S/C15H19Cl2N5OS/c1-9(11-6-5-10(16)7-12(11)17)18-13(23)8-24-14-19-20-21-22(14)15(2,3)4/h5-7,9H,8H2,1-4H3,(H,18,23). The number of aromatic nitrogens is 4. The van der Waals surface area contributed by atoms with E-state index in [4.69, 9.17) is 23.2 Å². The van der Waals surface area contributed by atoms with Gasteiger partial charge >= 0.3 is 0 Å². The van der Waals surface area contributed by atoms with E-state index in [0.717, 1.165) is 5.56 Å². The van der Waals surface area contributed by atoms with Gasteiger partial charge < -0.3 is 5.32 Å². The number of amides is 1. The van der Waals surface area contributed by atoms with E-state index in [1.165, 1.54) is 11.8 Å². The lowest BCUT2D eigenvalue weighted by Crippen LogP contribution is -2.29. The van der Waals surface area contributed by atoms with Crippen LogP contribution in [0.4, 0.5) is 0 Å². The average Bonchev–Trinajstić information content (AvgIpc) is 2.93. The van der Waals surface area contributed by atoms with Crippen LogP contribution in [0.5, 0.6) is 0 Å². The molecular formula is C15H19Cl2N5OS. The van der Waals surface area contributed by atoms with E-state index in [-0.39, 0.29) is 23.2 Å². The van der Waals surface area contributed by atoms with Gasteiger partial charge in [0.2, 0.25) is 11.1 Å². The number of nitrogens with zero attached hydrogens (tertiary/aromatic N) is 4. The van der Waals surface area contributed by atoms with Gasteiger partial charge in [0.15, 0.2) is 0 Å². The zero-order chi connectivity index (χ0) is 17.9. The lowest BCUT2D eigenvalue weighted by molar-refractivity contribution is -0.119. The number of tetrazole rings is 1. The second-order valence-electron chi connectivity index (χ2n) is 6.29. The van der Waals surface area contributed by atoms with Crippen LogP contribution < -0.4 is 5.32 Å². The molecule has 0 spiro atoms. The minimum atomic E-state index is -0.244. The normalized spacial score (nSPS) is 12.9. The number of hydrogen-bond donors (Lipinski definition) is 1. The summed E-state index contributed by atoms with van der Waals surface area (Å²) < 4.78 is 1.70. The van der Waals surface area contributed by atoms with Crippen molar-refractivity contribution in [3.63, 3.8) is 0 Å². The fourth-order valence-corrected chi connectivity index (χ4v) is 3.48. The summed E-state index contributed by atoms with van der Waals surface area (Å²) in [7, 11) is 0. The molecule has 2 aromatic rings. The summed E-state index contributed by atoms with van der Waals surface area (Å²) in [5, 5.41) is 16.2. The van der Waals surface area contributed by atoms with Crippen LogP contribution in [0.2, 0.25) is 10.0 Å². The molecule has 1 amide bonds. The first-order chi connectivity index (χ1) is 11.2. The molecular weight excluding hydrogens is 369 g/mol. The molecule has 1 heterocycles. The second kappa shape index (κ2) is 7.72. The Labute approximate surface area is 155 Å². The van der Waals surface area contributed by atoms with E-state index in [2.05, 4.69) is 20.8 Å². The molecule has 0 radical (unpaired) electrons. The van der Waals surface area contributed by atoms with E-state index in [0.29, 0.717) is 15.2 Å². The monoisotopic (exact) mass is 387 g/mol. The highest BCUT2D eigenvalue weighted by atomic mass is 35.5. The zero-order valence-electron chi connectivity index (χ0n) is 13.9. The van der Waals surface area contributed by atoms with Crippen LogP contribution in [0, 0.1) is 0 Å². The third kappa shape index (κ3) is 4.84. The Kier molecular flexibility index (Phi) is 6.11. The van der Waals surface area contributed by atoms with Crippen molar-refractivity contribution in [3.8, 4) is 0 Å². The Bertz CT molecular complexity index is 729. The minimum absolute atomic E-state index is 0.123. The zero-order valence-corrected chi connectivity index (χ0v) is 16.2. The summed E-state index contributed by atoms with van der Waals surface area (Å²) in [5.74, 6) is 0.0911. The van der Waals surface area contributed by atoms with E-state index < -0.39 is 0 Å². The number of hydrogen-bond acceptors (Lipinski definition) is 5. The van der Waals surface area contributed by atoms with Crippen LogP contribution in [0.3, 0.4) is 0 Å². The predicted molar refractivity (Wildman–Crippen MR) is 96.6 cm³/mol. The van der Waals surface area contributed by atoms with Gasteiger partial charge in [-0.3, -0.25) is 4.79 Å². The van der Waals surface area contributed by atoms with Crippen LogP contribution in [0.15, 0.2) is 23.4 Å². The van der Waals surface area contributed by atoms with Crippen molar-refractivity contribution in [1.82, 2.24) is 25.5 Å². The van der Waals surface area contributed by atoms with Gasteiger partial charge in [0.05, 0.1) is 17.3 Å². The molecule has 1 aromatic carbocycles. The van der Waals surface area contributed by atoms with Crippen molar-refractivity contribution < 1.29 is 4.79 Å². The Morgan fingerprint density at radius 1 is 1.38 bits per heavy atom. The molecule has 9 heteroatoms. The van der Waals surface area contributed by atoms with E-state index in [9.17, 15) is 4.79 Å². The maximum atomic E-state index is 12.2. The molecule has 130 valence electrons. The molecule has 1 unspecified atom stereocenters. The molecule has 1 N–H and O–H groups in total. The SMILES string of the molecule is CC(NC(=O)CSc1nnnn1C(C)(C)C)c1ccc(Cl)cc1Cl. The van der Waals surface area contributed by atoms with Crippen LogP contribution >= 0.6 is 35.0 Å². The Balaban J connectivity index is 1.95. The maximum absolute atomic E-state index is 12.2. The van der Waals surface area contributed by atoms with Crippen LogP contribution in [-0.2, 0) is 10.3 Å². The largest absolute Gasteiger partial charge is 0.349 e. The molecule has 0 saturated heterocycles. The maximum Gasteiger partial charge on any atom is 0.230 e. The van der Waals surface area contributed by atoms with E-state index >= 15 is 0 Å². The van der Waals surface area contributed by atoms with Gasteiger partial charge in [0.25, 0.3) is 0 Å². The number of nitrogens with one attached hydrogen (secondary N) is 1. The molecule has 24 heavy (non-hydrogen) atoms. The first-order valence-corrected chi connectivity index (χ1v) is 9.08. The van der Waals surface area contributed by atoms with Gasteiger partial charge in [0.1, 0.15) is 0 Å². The molecule has 2 rings (SSSR count). The first kappa shape index (κ1) is 19.0. The van der Waals surface area contributed by atoms with Crippen molar-refractivity contribution in [1.29, 1.82) is 0 Å². The summed E-state index contributed by atoms with van der Waals surface area (Å²) in [4.78, 5) is 12.2. The quantitative estimate of drug-likeness (QED) is 0.791. The summed E-state index contributed by atoms with van der Waals surface area (Å²) in [5.41, 5.74) is 0.575. The van der Waals surface area contributed by atoms with E-state index in [1.807, 2.05) is 33.8 Å². The third-order valence-corrected chi connectivity index (χ3v) is 4.70. The van der Waals surface area contributed by atoms with Gasteiger partial charge in [-0.05, 0) is 55.8 Å². The molecule has 0 saturated carbocycles. The summed E-state index contributed by atoms with van der Waals surface area (Å²) >= 11 is 13.3. The fraction of sp³-hybridized carbons (Fsp3) is 0.467. The predicted octanol–water partition coefficient (Wildman–Crippen LogP) is 3.70. The Morgan fingerprint density at radius 2 is 2.08 bits per heavy atom. The van der Waals surface area contributed by atoms with E-state index in [1.54, 1.807) is 16.8 Å². The fourth-order valence-electron chi connectivity index (χ4n) is 2.03. The summed E-state index contributed by atoms with van der Waals surface area (Å²) in [6, 6.07) is 5.00. The summed E-state index contributed by atoms with van der Waals surface area (Å²) in [6.45, 7) is 7.87. The number of thioether (sulfide) groups is 1. The van der Waals surface area contributed by atoms with Crippen molar-refractivity contribution >= 4 is 40.9 Å².